The number of benzene rings is 3. The van der Waals surface area contributed by atoms with Crippen molar-refractivity contribution in [3.05, 3.63) is 106 Å². The van der Waals surface area contributed by atoms with Crippen LogP contribution in [-0.2, 0) is 16.8 Å². The van der Waals surface area contributed by atoms with Crippen LogP contribution >= 0.6 is 0 Å². The third-order valence-corrected chi connectivity index (χ3v) is 7.35. The molecule has 0 fully saturated rings. The van der Waals surface area contributed by atoms with Gasteiger partial charge in [0.2, 0.25) is 0 Å². The summed E-state index contributed by atoms with van der Waals surface area (Å²) < 4.78 is 6.49. The number of carboxylic acids is 1. The number of allylic oxidation sites excluding steroid dienone is 1. The summed E-state index contributed by atoms with van der Waals surface area (Å²) >= 11 is 0.0136. The fourth-order valence-corrected chi connectivity index (χ4v) is 5.28. The van der Waals surface area contributed by atoms with E-state index in [9.17, 15) is 4.79 Å². The van der Waals surface area contributed by atoms with Gasteiger partial charge < -0.3 is 0 Å². The summed E-state index contributed by atoms with van der Waals surface area (Å²) in [7, 11) is 1.72. The van der Waals surface area contributed by atoms with E-state index in [0.717, 1.165) is 12.0 Å². The van der Waals surface area contributed by atoms with Gasteiger partial charge in [-0.1, -0.05) is 0 Å². The summed E-state index contributed by atoms with van der Waals surface area (Å²) in [6, 6.07) is 22.1. The molecule has 1 N–H and O–H groups in total. The molecule has 0 radical (unpaired) electrons. The molecule has 0 aliphatic heterocycles. The monoisotopic (exact) mass is 502 g/mol. The Kier molecular flexibility index (Phi) is 6.86. The maximum absolute atomic E-state index is 11.0. The Labute approximate surface area is 201 Å². The summed E-state index contributed by atoms with van der Waals surface area (Å²) in [6.07, 6.45) is 3.35. The van der Waals surface area contributed by atoms with Gasteiger partial charge in [-0.2, -0.15) is 0 Å². The van der Waals surface area contributed by atoms with E-state index in [4.69, 9.17) is 9.84 Å². The van der Waals surface area contributed by atoms with Crippen molar-refractivity contribution < 1.29 is 14.6 Å². The average Bonchev–Trinajstić information content (AvgIpc) is 2.81. The van der Waals surface area contributed by atoms with Crippen LogP contribution in [0.15, 0.2) is 72.8 Å². The van der Waals surface area contributed by atoms with E-state index in [1.54, 1.807) is 31.4 Å². The van der Waals surface area contributed by atoms with Crippen LogP contribution in [0, 0.1) is 10.7 Å². The molecule has 0 bridgehead atoms. The summed E-state index contributed by atoms with van der Waals surface area (Å²) in [6.45, 7) is 5.22. The van der Waals surface area contributed by atoms with Crippen molar-refractivity contribution in [2.24, 2.45) is 0 Å². The van der Waals surface area contributed by atoms with E-state index >= 15 is 0 Å². The molecule has 0 spiro atoms. The van der Waals surface area contributed by atoms with E-state index in [-0.39, 0.29) is 25.9 Å². The SMILES string of the molecule is COCc1ccc(C2=CCC(C)(C)c3cc([Se]C#Cc4ccc(C(=O)O)cc4)ccc32)cc1. The van der Waals surface area contributed by atoms with Crippen LogP contribution in [0.4, 0.5) is 0 Å². The number of hydrogen-bond acceptors (Lipinski definition) is 2. The van der Waals surface area contributed by atoms with Crippen molar-refractivity contribution in [2.75, 3.05) is 7.11 Å². The predicted octanol–water partition coefficient (Wildman–Crippen LogP) is 4.98. The Morgan fingerprint density at radius 3 is 2.45 bits per heavy atom. The molecule has 0 aromatic heterocycles. The van der Waals surface area contributed by atoms with Crippen molar-refractivity contribution in [3.63, 3.8) is 0 Å². The molecule has 166 valence electrons. The molecule has 4 heteroatoms. The molecule has 4 rings (SSSR count). The van der Waals surface area contributed by atoms with Gasteiger partial charge in [0, 0.05) is 0 Å². The maximum atomic E-state index is 11.0. The molecule has 0 saturated carbocycles. The number of rotatable bonds is 5. The van der Waals surface area contributed by atoms with Gasteiger partial charge in [0.15, 0.2) is 0 Å². The first kappa shape index (κ1) is 23.1. The molecule has 3 aromatic carbocycles. The Hall–Kier alpha value is -3.09. The minimum atomic E-state index is -0.922. The van der Waals surface area contributed by atoms with Gasteiger partial charge in [0.05, 0.1) is 0 Å². The molecule has 1 aliphatic rings. The first-order valence-corrected chi connectivity index (χ1v) is 12.5. The van der Waals surface area contributed by atoms with Crippen molar-refractivity contribution in [1.29, 1.82) is 0 Å². The molecule has 3 nitrogen and oxygen atoms in total. The first-order valence-electron chi connectivity index (χ1n) is 10.8. The second-order valence-electron chi connectivity index (χ2n) is 8.75. The van der Waals surface area contributed by atoms with E-state index in [1.807, 2.05) is 0 Å². The third-order valence-electron chi connectivity index (χ3n) is 5.90. The Balaban J connectivity index is 1.57. The van der Waals surface area contributed by atoms with Crippen molar-refractivity contribution in [3.8, 4) is 10.7 Å². The Bertz CT molecular complexity index is 1260. The van der Waals surface area contributed by atoms with Gasteiger partial charge in [-0.3, -0.25) is 0 Å². The number of methoxy groups -OCH3 is 1. The van der Waals surface area contributed by atoms with Gasteiger partial charge >= 0.3 is 202 Å². The van der Waals surface area contributed by atoms with Gasteiger partial charge in [-0.25, -0.2) is 0 Å². The molecular weight excluding hydrogens is 475 g/mol. The number of hydrogen-bond donors (Lipinski definition) is 1. The first-order chi connectivity index (χ1) is 15.9. The van der Waals surface area contributed by atoms with E-state index in [0.29, 0.717) is 6.61 Å². The molecule has 0 saturated heterocycles. The molecule has 0 amide bonds. The van der Waals surface area contributed by atoms with Gasteiger partial charge in [-0.05, 0) is 0 Å². The normalized spacial score (nSPS) is 14.0. The molecule has 0 unspecified atom stereocenters. The summed E-state index contributed by atoms with van der Waals surface area (Å²) in [5, 5.41) is 9.02. The van der Waals surface area contributed by atoms with Crippen molar-refractivity contribution in [2.45, 2.75) is 32.3 Å². The number of ether oxygens (including phenoxy) is 1. The van der Waals surface area contributed by atoms with Crippen LogP contribution in [-0.4, -0.2) is 33.1 Å². The fraction of sp³-hybridized carbons (Fsp3) is 0.207. The zero-order valence-electron chi connectivity index (χ0n) is 19.0. The number of carbonyl (C=O) groups is 1. The van der Waals surface area contributed by atoms with Gasteiger partial charge in [0.25, 0.3) is 0 Å². The van der Waals surface area contributed by atoms with Crippen LogP contribution in [0.3, 0.4) is 0 Å². The molecule has 1 aliphatic carbocycles. The zero-order valence-corrected chi connectivity index (χ0v) is 20.7. The minimum absolute atomic E-state index is 0.0136. The fourth-order valence-electron chi connectivity index (χ4n) is 4.02. The summed E-state index contributed by atoms with van der Waals surface area (Å²) in [5.74, 6) is 2.25. The van der Waals surface area contributed by atoms with E-state index in [1.165, 1.54) is 32.3 Å². The third kappa shape index (κ3) is 5.29. The van der Waals surface area contributed by atoms with Crippen molar-refractivity contribution in [1.82, 2.24) is 0 Å². The van der Waals surface area contributed by atoms with Crippen LogP contribution in [0.5, 0.6) is 0 Å². The second-order valence-corrected chi connectivity index (χ2v) is 10.6. The quantitative estimate of drug-likeness (QED) is 0.396. The van der Waals surface area contributed by atoms with Crippen LogP contribution in [0.25, 0.3) is 5.57 Å². The summed E-state index contributed by atoms with van der Waals surface area (Å²) in [5.41, 5.74) is 7.54. The molecule has 33 heavy (non-hydrogen) atoms. The average molecular weight is 501 g/mol. The number of fused-ring (bicyclic) bond motifs is 1. The molecule has 0 heterocycles. The van der Waals surface area contributed by atoms with E-state index in [2.05, 4.69) is 73.1 Å². The van der Waals surface area contributed by atoms with Crippen LogP contribution in [0.1, 0.15) is 58.4 Å². The number of aromatic carboxylic acids is 1. The van der Waals surface area contributed by atoms with Crippen LogP contribution < -0.4 is 4.46 Å². The number of carboxylic acid groups (broad SMARTS) is 1. The Morgan fingerprint density at radius 1 is 1.06 bits per heavy atom. The molecule has 3 aromatic rings. The molecular formula is C29H26O3Se. The second kappa shape index (κ2) is 9.81. The molecule has 0 atom stereocenters. The predicted molar refractivity (Wildman–Crippen MR) is 134 cm³/mol. The van der Waals surface area contributed by atoms with Gasteiger partial charge in [-0.15, -0.1) is 0 Å². The van der Waals surface area contributed by atoms with Crippen molar-refractivity contribution >= 4 is 31.0 Å². The standard InChI is InChI=1S/C29H26O3Se/c1-29(2)16-14-25(22-8-6-21(7-9-22)19-32-3)26-13-12-24(18-27(26)29)33-17-15-20-4-10-23(11-5-20)28(30)31/h4-14,18H,16,19H2,1-3H3,(H,30,31). The van der Waals surface area contributed by atoms with Gasteiger partial charge in [0.1, 0.15) is 0 Å². The van der Waals surface area contributed by atoms with E-state index < -0.39 is 5.97 Å². The Morgan fingerprint density at radius 2 is 1.79 bits per heavy atom. The summed E-state index contributed by atoms with van der Waals surface area (Å²) in [4.78, 5) is 14.3. The van der Waals surface area contributed by atoms with Crippen LogP contribution in [0.2, 0.25) is 0 Å². The topological polar surface area (TPSA) is 46.5 Å². The zero-order chi connectivity index (χ0) is 23.4.